The largest absolute Gasteiger partial charge is 0.493 e. The summed E-state index contributed by atoms with van der Waals surface area (Å²) in [6.45, 7) is 2.80. The zero-order chi connectivity index (χ0) is 21.3. The fraction of sp³-hybridized carbons (Fsp3) is 0.320. The Kier molecular flexibility index (Phi) is 5.53. The molecular weight excluding hydrogens is 378 g/mol. The minimum absolute atomic E-state index is 0.126. The number of methoxy groups -OCH3 is 3. The van der Waals surface area contributed by atoms with E-state index in [0.29, 0.717) is 30.2 Å². The van der Waals surface area contributed by atoms with E-state index in [1.165, 1.54) is 0 Å². The molecule has 1 heterocycles. The van der Waals surface area contributed by atoms with Crippen molar-refractivity contribution in [3.63, 3.8) is 0 Å². The van der Waals surface area contributed by atoms with Gasteiger partial charge in [-0.3, -0.25) is 4.79 Å². The molecule has 1 amide bonds. The molecule has 156 valence electrons. The number of hydrogen-bond donors (Lipinski definition) is 0. The van der Waals surface area contributed by atoms with E-state index in [2.05, 4.69) is 31.2 Å². The molecule has 0 aliphatic carbocycles. The lowest BCUT2D eigenvalue weighted by atomic mass is 9.80. The van der Waals surface area contributed by atoms with Crippen LogP contribution in [-0.2, 0) is 4.79 Å². The lowest BCUT2D eigenvalue weighted by Gasteiger charge is -2.36. The third-order valence-corrected chi connectivity index (χ3v) is 5.82. The lowest BCUT2D eigenvalue weighted by Crippen LogP contribution is -2.37. The zero-order valence-electron chi connectivity index (χ0n) is 17.9. The molecular formula is C25H27NO4. The van der Waals surface area contributed by atoms with Crippen LogP contribution in [-0.4, -0.2) is 33.8 Å². The number of carbonyl (C=O) groups is 1. The number of hydrogen-bond acceptors (Lipinski definition) is 4. The SMILES string of the molecule is CCCN1C(=O)CC(c2ccc(OC)c(OC)c2OC)c2c1ccc1ccccc21. The minimum Gasteiger partial charge on any atom is -0.493 e. The van der Waals surface area contributed by atoms with E-state index >= 15 is 0 Å². The highest BCUT2D eigenvalue weighted by molar-refractivity contribution is 6.03. The van der Waals surface area contributed by atoms with E-state index in [0.717, 1.165) is 34.0 Å². The third-order valence-electron chi connectivity index (χ3n) is 5.82. The molecule has 1 atom stereocenters. The van der Waals surface area contributed by atoms with Gasteiger partial charge in [0.15, 0.2) is 11.5 Å². The monoisotopic (exact) mass is 405 g/mol. The molecule has 3 aromatic carbocycles. The molecule has 0 radical (unpaired) electrons. The second kappa shape index (κ2) is 8.27. The molecule has 0 fully saturated rings. The van der Waals surface area contributed by atoms with Crippen molar-refractivity contribution in [2.24, 2.45) is 0 Å². The van der Waals surface area contributed by atoms with Crippen LogP contribution in [0.4, 0.5) is 5.69 Å². The minimum atomic E-state index is -0.138. The Bertz CT molecular complexity index is 1090. The number of nitrogens with zero attached hydrogens (tertiary/aromatic N) is 1. The van der Waals surface area contributed by atoms with Crippen molar-refractivity contribution in [3.8, 4) is 17.2 Å². The molecule has 0 saturated heterocycles. The number of fused-ring (bicyclic) bond motifs is 3. The molecule has 1 unspecified atom stereocenters. The molecule has 4 rings (SSSR count). The number of anilines is 1. The third kappa shape index (κ3) is 3.15. The predicted molar refractivity (Wildman–Crippen MR) is 119 cm³/mol. The molecule has 0 aromatic heterocycles. The van der Waals surface area contributed by atoms with Crippen LogP contribution in [0.15, 0.2) is 48.5 Å². The number of carbonyl (C=O) groups excluding carboxylic acids is 1. The number of rotatable bonds is 6. The van der Waals surface area contributed by atoms with Crippen LogP contribution in [0.1, 0.15) is 36.8 Å². The van der Waals surface area contributed by atoms with Crippen LogP contribution in [0, 0.1) is 0 Å². The van der Waals surface area contributed by atoms with Gasteiger partial charge in [-0.2, -0.15) is 0 Å². The summed E-state index contributed by atoms with van der Waals surface area (Å²) in [5.74, 6) is 1.74. The Labute approximate surface area is 177 Å². The topological polar surface area (TPSA) is 48.0 Å². The van der Waals surface area contributed by atoms with Crippen LogP contribution < -0.4 is 19.1 Å². The van der Waals surface area contributed by atoms with Crippen LogP contribution >= 0.6 is 0 Å². The van der Waals surface area contributed by atoms with Gasteiger partial charge in [0.1, 0.15) is 0 Å². The summed E-state index contributed by atoms with van der Waals surface area (Å²) in [4.78, 5) is 15.1. The first-order valence-electron chi connectivity index (χ1n) is 10.2. The fourth-order valence-electron chi connectivity index (χ4n) is 4.54. The Morgan fingerprint density at radius 3 is 2.40 bits per heavy atom. The van der Waals surface area contributed by atoms with Gasteiger partial charge in [0.05, 0.1) is 21.3 Å². The zero-order valence-corrected chi connectivity index (χ0v) is 17.9. The molecule has 30 heavy (non-hydrogen) atoms. The van der Waals surface area contributed by atoms with Crippen molar-refractivity contribution in [2.75, 3.05) is 32.8 Å². The van der Waals surface area contributed by atoms with Crippen LogP contribution in [0.5, 0.6) is 17.2 Å². The molecule has 5 nitrogen and oxygen atoms in total. The number of benzene rings is 3. The van der Waals surface area contributed by atoms with Crippen LogP contribution in [0.2, 0.25) is 0 Å². The van der Waals surface area contributed by atoms with Crippen molar-refractivity contribution < 1.29 is 19.0 Å². The smallest absolute Gasteiger partial charge is 0.227 e. The van der Waals surface area contributed by atoms with Crippen LogP contribution in [0.3, 0.4) is 0 Å². The highest BCUT2D eigenvalue weighted by atomic mass is 16.5. The molecule has 0 spiro atoms. The molecule has 1 aliphatic heterocycles. The van der Waals surface area contributed by atoms with E-state index in [1.807, 2.05) is 29.2 Å². The second-order valence-electron chi connectivity index (χ2n) is 7.45. The van der Waals surface area contributed by atoms with Crippen molar-refractivity contribution in [1.29, 1.82) is 0 Å². The van der Waals surface area contributed by atoms with Crippen LogP contribution in [0.25, 0.3) is 10.8 Å². The summed E-state index contributed by atoms with van der Waals surface area (Å²) < 4.78 is 16.8. The van der Waals surface area contributed by atoms with E-state index in [-0.39, 0.29) is 11.8 Å². The maximum Gasteiger partial charge on any atom is 0.227 e. The van der Waals surface area contributed by atoms with E-state index < -0.39 is 0 Å². The second-order valence-corrected chi connectivity index (χ2v) is 7.45. The summed E-state index contributed by atoms with van der Waals surface area (Å²) in [5.41, 5.74) is 3.07. The summed E-state index contributed by atoms with van der Waals surface area (Å²) in [6.07, 6.45) is 1.29. The molecule has 0 N–H and O–H groups in total. The Hall–Kier alpha value is -3.21. The van der Waals surface area contributed by atoms with Gasteiger partial charge in [0.2, 0.25) is 11.7 Å². The van der Waals surface area contributed by atoms with Gasteiger partial charge in [0, 0.05) is 30.1 Å². The van der Waals surface area contributed by atoms with Gasteiger partial charge in [-0.1, -0.05) is 43.3 Å². The van der Waals surface area contributed by atoms with Gasteiger partial charge in [-0.15, -0.1) is 0 Å². The van der Waals surface area contributed by atoms with Crippen molar-refractivity contribution >= 4 is 22.4 Å². The van der Waals surface area contributed by atoms with Gasteiger partial charge < -0.3 is 19.1 Å². The van der Waals surface area contributed by atoms with Gasteiger partial charge in [-0.25, -0.2) is 0 Å². The summed E-state index contributed by atoms with van der Waals surface area (Å²) >= 11 is 0. The molecule has 1 aliphatic rings. The van der Waals surface area contributed by atoms with Gasteiger partial charge >= 0.3 is 0 Å². The predicted octanol–water partition coefficient (Wildman–Crippen LogP) is 5.14. The maximum absolute atomic E-state index is 13.2. The average Bonchev–Trinajstić information content (AvgIpc) is 2.79. The normalized spacial score (nSPS) is 15.8. The van der Waals surface area contributed by atoms with E-state index in [9.17, 15) is 4.79 Å². The van der Waals surface area contributed by atoms with Gasteiger partial charge in [0.25, 0.3) is 0 Å². The molecule has 3 aromatic rings. The first-order chi connectivity index (χ1) is 14.6. The van der Waals surface area contributed by atoms with E-state index in [1.54, 1.807) is 21.3 Å². The average molecular weight is 405 g/mol. The van der Waals surface area contributed by atoms with Gasteiger partial charge in [-0.05, 0) is 34.9 Å². The van der Waals surface area contributed by atoms with E-state index in [4.69, 9.17) is 14.2 Å². The van der Waals surface area contributed by atoms with Crippen molar-refractivity contribution in [1.82, 2.24) is 0 Å². The maximum atomic E-state index is 13.2. The Morgan fingerprint density at radius 2 is 1.70 bits per heavy atom. The van der Waals surface area contributed by atoms with Crippen molar-refractivity contribution in [3.05, 3.63) is 59.7 Å². The molecule has 5 heteroatoms. The molecule has 0 bridgehead atoms. The summed E-state index contributed by atoms with van der Waals surface area (Å²) in [5, 5.41) is 2.32. The summed E-state index contributed by atoms with van der Waals surface area (Å²) in [7, 11) is 4.83. The number of amides is 1. The first kappa shape index (κ1) is 20.1. The number of ether oxygens (including phenoxy) is 3. The highest BCUT2D eigenvalue weighted by Gasteiger charge is 2.35. The highest BCUT2D eigenvalue weighted by Crippen LogP contribution is 2.50. The summed E-state index contributed by atoms with van der Waals surface area (Å²) in [6, 6.07) is 16.4. The fourth-order valence-corrected chi connectivity index (χ4v) is 4.54. The Balaban J connectivity index is 2.00. The first-order valence-corrected chi connectivity index (χ1v) is 10.2. The lowest BCUT2D eigenvalue weighted by molar-refractivity contribution is -0.119. The quantitative estimate of drug-likeness (QED) is 0.569. The Morgan fingerprint density at radius 1 is 0.933 bits per heavy atom. The standard InChI is InChI=1S/C25H27NO4/c1-5-14-26-20-12-10-16-8-6-7-9-17(16)23(20)19(15-22(26)27)18-11-13-21(28-2)25(30-4)24(18)29-3/h6-13,19H,5,14-15H2,1-4H3. The van der Waals surface area contributed by atoms with Crippen molar-refractivity contribution in [2.45, 2.75) is 25.7 Å². The molecule has 0 saturated carbocycles.